The molecule has 0 spiro atoms. The number of rotatable bonds is 5. The quantitative estimate of drug-likeness (QED) is 0.627. The lowest BCUT2D eigenvalue weighted by atomic mass is 9.89. The topological polar surface area (TPSA) is 23.5 Å². The average molecular weight is 360 g/mol. The van der Waals surface area contributed by atoms with Gasteiger partial charge in [0.2, 0.25) is 0 Å². The summed E-state index contributed by atoms with van der Waals surface area (Å²) in [7, 11) is 4.20. The first kappa shape index (κ1) is 19.3. The summed E-state index contributed by atoms with van der Waals surface area (Å²) in [5.41, 5.74) is 9.50. The largest absolute Gasteiger partial charge is 0.392 e. The number of hydrogen-bond donors (Lipinski definition) is 1. The Labute approximate surface area is 163 Å². The fraction of sp³-hybridized carbons (Fsp3) is 0.280. The molecule has 1 N–H and O–H groups in total. The highest BCUT2D eigenvalue weighted by molar-refractivity contribution is 5.78. The fourth-order valence-corrected chi connectivity index (χ4v) is 3.65. The molecule has 0 aliphatic rings. The standard InChI is InChI=1S/C25H29NO/c1-17-10-13-22(18(2)14-17)20-11-12-21(16-27)25(15-20)24-9-7-6-8-23(24)19(3)26(4)5/h6-15,19,27H,16H2,1-5H3/t19-/m0/s1. The maximum atomic E-state index is 9.96. The number of aliphatic hydroxyl groups is 1. The molecule has 3 rings (SSSR count). The van der Waals surface area contributed by atoms with Gasteiger partial charge in [0.25, 0.3) is 0 Å². The summed E-state index contributed by atoms with van der Waals surface area (Å²) in [5, 5.41) is 9.96. The van der Waals surface area contributed by atoms with Gasteiger partial charge in [0.15, 0.2) is 0 Å². The Kier molecular flexibility index (Phi) is 5.79. The fourth-order valence-electron chi connectivity index (χ4n) is 3.65. The van der Waals surface area contributed by atoms with Crippen LogP contribution in [0, 0.1) is 13.8 Å². The third-order valence-corrected chi connectivity index (χ3v) is 5.45. The molecule has 2 nitrogen and oxygen atoms in total. The lowest BCUT2D eigenvalue weighted by Crippen LogP contribution is -2.17. The molecule has 0 radical (unpaired) electrons. The van der Waals surface area contributed by atoms with Gasteiger partial charge in [-0.15, -0.1) is 0 Å². The molecule has 27 heavy (non-hydrogen) atoms. The third kappa shape index (κ3) is 3.97. The minimum absolute atomic E-state index is 0.0349. The number of hydrogen-bond acceptors (Lipinski definition) is 2. The summed E-state index contributed by atoms with van der Waals surface area (Å²) in [5.74, 6) is 0. The molecule has 0 saturated carbocycles. The van der Waals surface area contributed by atoms with Crippen molar-refractivity contribution in [3.05, 3.63) is 82.9 Å². The molecule has 3 aromatic carbocycles. The van der Waals surface area contributed by atoms with Gasteiger partial charge in [0.05, 0.1) is 6.61 Å². The molecular formula is C25H29NO. The Hall–Kier alpha value is -2.42. The third-order valence-electron chi connectivity index (χ3n) is 5.45. The monoisotopic (exact) mass is 359 g/mol. The van der Waals surface area contributed by atoms with Gasteiger partial charge in [0.1, 0.15) is 0 Å². The Morgan fingerprint density at radius 1 is 0.852 bits per heavy atom. The number of aliphatic hydroxyl groups excluding tert-OH is 1. The molecule has 140 valence electrons. The van der Waals surface area contributed by atoms with Crippen LogP contribution in [0.2, 0.25) is 0 Å². The molecule has 0 bridgehead atoms. The van der Waals surface area contributed by atoms with E-state index in [9.17, 15) is 5.11 Å². The minimum Gasteiger partial charge on any atom is -0.392 e. The lowest BCUT2D eigenvalue weighted by molar-refractivity contribution is 0.282. The van der Waals surface area contributed by atoms with Crippen LogP contribution in [-0.2, 0) is 6.61 Å². The van der Waals surface area contributed by atoms with E-state index in [2.05, 4.69) is 100 Å². The molecule has 0 heterocycles. The average Bonchev–Trinajstić information content (AvgIpc) is 2.67. The predicted molar refractivity (Wildman–Crippen MR) is 115 cm³/mol. The number of nitrogens with zero attached hydrogens (tertiary/aromatic N) is 1. The normalized spacial score (nSPS) is 12.4. The lowest BCUT2D eigenvalue weighted by Gasteiger charge is -2.24. The first-order valence-electron chi connectivity index (χ1n) is 9.49. The second kappa shape index (κ2) is 8.08. The maximum Gasteiger partial charge on any atom is 0.0687 e. The summed E-state index contributed by atoms with van der Waals surface area (Å²) in [4.78, 5) is 2.21. The first-order chi connectivity index (χ1) is 12.9. The van der Waals surface area contributed by atoms with Crippen LogP contribution in [0.4, 0.5) is 0 Å². The van der Waals surface area contributed by atoms with Crippen LogP contribution in [0.1, 0.15) is 35.2 Å². The first-order valence-corrected chi connectivity index (χ1v) is 9.49. The van der Waals surface area contributed by atoms with Crippen LogP contribution in [0.3, 0.4) is 0 Å². The molecule has 0 fully saturated rings. The van der Waals surface area contributed by atoms with Crippen molar-refractivity contribution in [1.82, 2.24) is 4.90 Å². The van der Waals surface area contributed by atoms with E-state index < -0.39 is 0 Å². The van der Waals surface area contributed by atoms with E-state index in [1.165, 1.54) is 33.4 Å². The Bertz CT molecular complexity index is 943. The molecule has 0 aliphatic heterocycles. The zero-order valence-electron chi connectivity index (χ0n) is 17.0. The molecule has 0 unspecified atom stereocenters. The van der Waals surface area contributed by atoms with Crippen LogP contribution < -0.4 is 0 Å². The minimum atomic E-state index is 0.0349. The highest BCUT2D eigenvalue weighted by Gasteiger charge is 2.16. The van der Waals surface area contributed by atoms with Gasteiger partial charge in [-0.2, -0.15) is 0 Å². The smallest absolute Gasteiger partial charge is 0.0687 e. The van der Waals surface area contributed by atoms with Crippen molar-refractivity contribution >= 4 is 0 Å². The van der Waals surface area contributed by atoms with Gasteiger partial charge in [-0.25, -0.2) is 0 Å². The van der Waals surface area contributed by atoms with Crippen LogP contribution in [0.5, 0.6) is 0 Å². The van der Waals surface area contributed by atoms with Gasteiger partial charge in [0, 0.05) is 6.04 Å². The Morgan fingerprint density at radius 2 is 1.59 bits per heavy atom. The SMILES string of the molecule is Cc1ccc(-c2ccc(CO)c(-c3ccccc3[C@H](C)N(C)C)c2)c(C)c1. The second-order valence-corrected chi connectivity index (χ2v) is 7.58. The summed E-state index contributed by atoms with van der Waals surface area (Å²) in [6.07, 6.45) is 0. The van der Waals surface area contributed by atoms with Gasteiger partial charge >= 0.3 is 0 Å². The summed E-state index contributed by atoms with van der Waals surface area (Å²) in [6.45, 7) is 6.53. The molecule has 0 aromatic heterocycles. The van der Waals surface area contributed by atoms with Crippen molar-refractivity contribution in [3.8, 4) is 22.3 Å². The molecule has 0 amide bonds. The van der Waals surface area contributed by atoms with Gasteiger partial charge in [-0.3, -0.25) is 0 Å². The maximum absolute atomic E-state index is 9.96. The van der Waals surface area contributed by atoms with E-state index >= 15 is 0 Å². The van der Waals surface area contributed by atoms with Gasteiger partial charge in [-0.1, -0.05) is 60.2 Å². The molecule has 0 aliphatic carbocycles. The van der Waals surface area contributed by atoms with E-state index in [0.29, 0.717) is 0 Å². The van der Waals surface area contributed by atoms with Crippen LogP contribution in [0.15, 0.2) is 60.7 Å². The molecular weight excluding hydrogens is 330 g/mol. The molecule has 3 aromatic rings. The molecule has 2 heteroatoms. The van der Waals surface area contributed by atoms with E-state index in [1.54, 1.807) is 0 Å². The van der Waals surface area contributed by atoms with Gasteiger partial charge < -0.3 is 10.0 Å². The highest BCUT2D eigenvalue weighted by Crippen LogP contribution is 2.36. The Morgan fingerprint density at radius 3 is 2.26 bits per heavy atom. The van der Waals surface area contributed by atoms with Crippen LogP contribution in [0.25, 0.3) is 22.3 Å². The van der Waals surface area contributed by atoms with Gasteiger partial charge in [-0.05, 0) is 79.9 Å². The van der Waals surface area contributed by atoms with Crippen molar-refractivity contribution in [2.45, 2.75) is 33.4 Å². The number of aryl methyl sites for hydroxylation is 2. The Balaban J connectivity index is 2.19. The zero-order valence-corrected chi connectivity index (χ0v) is 17.0. The van der Waals surface area contributed by atoms with E-state index in [0.717, 1.165) is 11.1 Å². The van der Waals surface area contributed by atoms with E-state index in [-0.39, 0.29) is 12.6 Å². The van der Waals surface area contributed by atoms with Crippen molar-refractivity contribution in [2.75, 3.05) is 14.1 Å². The van der Waals surface area contributed by atoms with Crippen molar-refractivity contribution in [3.63, 3.8) is 0 Å². The number of benzene rings is 3. The van der Waals surface area contributed by atoms with E-state index in [4.69, 9.17) is 0 Å². The molecule has 1 atom stereocenters. The van der Waals surface area contributed by atoms with E-state index in [1.807, 2.05) is 0 Å². The molecule has 0 saturated heterocycles. The second-order valence-electron chi connectivity index (χ2n) is 7.58. The predicted octanol–water partition coefficient (Wildman–Crippen LogP) is 5.75. The van der Waals surface area contributed by atoms with Crippen LogP contribution >= 0.6 is 0 Å². The highest BCUT2D eigenvalue weighted by atomic mass is 16.3. The van der Waals surface area contributed by atoms with Crippen molar-refractivity contribution < 1.29 is 5.11 Å². The summed E-state index contributed by atoms with van der Waals surface area (Å²) in [6, 6.07) is 21.8. The van der Waals surface area contributed by atoms with Crippen molar-refractivity contribution in [1.29, 1.82) is 0 Å². The summed E-state index contributed by atoms with van der Waals surface area (Å²) >= 11 is 0. The zero-order chi connectivity index (χ0) is 19.6. The van der Waals surface area contributed by atoms with Crippen molar-refractivity contribution in [2.24, 2.45) is 0 Å². The summed E-state index contributed by atoms with van der Waals surface area (Å²) < 4.78 is 0. The van der Waals surface area contributed by atoms with Crippen LogP contribution in [-0.4, -0.2) is 24.1 Å².